The number of nitrogens with zero attached hydrogens (tertiary/aromatic N) is 2. The number of unbranched alkanes of at least 4 members (excludes halogenated alkanes) is 1. The van der Waals surface area contributed by atoms with Gasteiger partial charge in [-0.25, -0.2) is 4.79 Å². The van der Waals surface area contributed by atoms with E-state index in [4.69, 9.17) is 9.47 Å². The van der Waals surface area contributed by atoms with Crippen LogP contribution >= 0.6 is 0 Å². The van der Waals surface area contributed by atoms with E-state index >= 15 is 0 Å². The smallest absolute Gasteiger partial charge is 0.377 e. The first-order chi connectivity index (χ1) is 17.9. The molecule has 1 aliphatic rings. The molecule has 1 aliphatic heterocycles. The van der Waals surface area contributed by atoms with Gasteiger partial charge in [-0.1, -0.05) is 12.1 Å². The Hall–Kier alpha value is -3.44. The lowest BCUT2D eigenvalue weighted by Gasteiger charge is -2.22. The van der Waals surface area contributed by atoms with Crippen LogP contribution in [0.2, 0.25) is 0 Å². The standard InChI is InChI=1S/C27H34N2O8/c30-16-14-29(15-17-31)22-10-7-20(8-11-22)6-9-21-5-1-2-12-28(21)13-3-4-18-36-19-23(32)26-24(33)25(34)27(35)37-26/h1-2,5-12,23,26,30-32H,3-4,13-19H2,(H-,33,34,35)/p+1. The highest BCUT2D eigenvalue weighted by molar-refractivity contribution is 5.89. The molecule has 37 heavy (non-hydrogen) atoms. The Kier molecular flexibility index (Phi) is 10.9. The number of aliphatic hydroxyl groups excluding tert-OH is 5. The minimum atomic E-state index is -1.31. The molecule has 2 unspecified atom stereocenters. The normalized spacial score (nSPS) is 16.4. The average molecular weight is 516 g/mol. The van der Waals surface area contributed by atoms with Gasteiger partial charge in [0.25, 0.3) is 0 Å². The third-order valence-electron chi connectivity index (χ3n) is 5.94. The van der Waals surface area contributed by atoms with Crippen LogP contribution in [0.5, 0.6) is 0 Å². The van der Waals surface area contributed by atoms with Crippen molar-refractivity contribution in [2.45, 2.75) is 31.6 Å². The number of cyclic esters (lactones) is 1. The summed E-state index contributed by atoms with van der Waals surface area (Å²) < 4.78 is 12.3. The zero-order chi connectivity index (χ0) is 26.6. The number of aromatic nitrogens is 1. The van der Waals surface area contributed by atoms with Crippen LogP contribution < -0.4 is 9.47 Å². The number of pyridine rings is 1. The van der Waals surface area contributed by atoms with E-state index in [1.54, 1.807) is 0 Å². The molecule has 0 spiro atoms. The Morgan fingerprint density at radius 1 is 1.03 bits per heavy atom. The number of carbonyl (C=O) groups is 1. The van der Waals surface area contributed by atoms with Gasteiger partial charge in [-0.05, 0) is 36.3 Å². The van der Waals surface area contributed by atoms with Gasteiger partial charge in [0.1, 0.15) is 12.6 Å². The first-order valence-corrected chi connectivity index (χ1v) is 12.3. The molecule has 3 rings (SSSR count). The molecular weight excluding hydrogens is 480 g/mol. The Labute approximate surface area is 215 Å². The molecule has 0 fully saturated rings. The topological polar surface area (TPSA) is 144 Å². The van der Waals surface area contributed by atoms with Crippen LogP contribution in [-0.4, -0.2) is 83.2 Å². The van der Waals surface area contributed by atoms with Crippen LogP contribution in [0.4, 0.5) is 5.69 Å². The van der Waals surface area contributed by atoms with Crippen molar-refractivity contribution >= 4 is 23.8 Å². The molecule has 2 heterocycles. The minimum absolute atomic E-state index is 0.0227. The second-order valence-corrected chi connectivity index (χ2v) is 8.59. The predicted molar refractivity (Wildman–Crippen MR) is 137 cm³/mol. The number of hydrogen-bond acceptors (Lipinski definition) is 9. The first-order valence-electron chi connectivity index (χ1n) is 12.3. The molecule has 5 N–H and O–H groups in total. The number of anilines is 1. The van der Waals surface area contributed by atoms with E-state index in [1.165, 1.54) is 0 Å². The van der Waals surface area contributed by atoms with Crippen LogP contribution in [0.25, 0.3) is 12.2 Å². The van der Waals surface area contributed by atoms with Crippen LogP contribution in [0.1, 0.15) is 24.1 Å². The largest absolute Gasteiger partial charge is 0.505 e. The molecule has 200 valence electrons. The number of carbonyl (C=O) groups excluding carboxylic acids is 1. The highest BCUT2D eigenvalue weighted by atomic mass is 16.6. The number of hydrogen-bond donors (Lipinski definition) is 5. The second kappa shape index (κ2) is 14.3. The van der Waals surface area contributed by atoms with E-state index in [-0.39, 0.29) is 19.8 Å². The summed E-state index contributed by atoms with van der Waals surface area (Å²) in [6.07, 6.45) is 5.06. The summed E-state index contributed by atoms with van der Waals surface area (Å²) in [6.45, 7) is 1.98. The Bertz CT molecular complexity index is 1060. The molecule has 10 heteroatoms. The molecule has 0 bridgehead atoms. The van der Waals surface area contributed by atoms with Crippen molar-refractivity contribution in [3.05, 3.63) is 71.4 Å². The van der Waals surface area contributed by atoms with Crippen molar-refractivity contribution in [3.63, 3.8) is 0 Å². The van der Waals surface area contributed by atoms with E-state index in [0.717, 1.165) is 36.3 Å². The maximum atomic E-state index is 11.2. The van der Waals surface area contributed by atoms with Gasteiger partial charge in [-0.15, -0.1) is 0 Å². The number of aryl methyl sites for hydroxylation is 1. The van der Waals surface area contributed by atoms with E-state index in [1.807, 2.05) is 65.7 Å². The fourth-order valence-electron chi connectivity index (χ4n) is 3.94. The zero-order valence-corrected chi connectivity index (χ0v) is 20.6. The molecule has 0 saturated heterocycles. The summed E-state index contributed by atoms with van der Waals surface area (Å²) in [7, 11) is 0. The summed E-state index contributed by atoms with van der Waals surface area (Å²) in [6, 6.07) is 13.9. The Balaban J connectivity index is 1.45. The molecule has 2 atom stereocenters. The van der Waals surface area contributed by atoms with E-state index in [0.29, 0.717) is 19.7 Å². The van der Waals surface area contributed by atoms with Crippen molar-refractivity contribution < 1.29 is 44.4 Å². The van der Waals surface area contributed by atoms with Gasteiger partial charge in [0, 0.05) is 50.0 Å². The molecule has 0 aliphatic carbocycles. The highest BCUT2D eigenvalue weighted by Crippen LogP contribution is 2.21. The molecule has 0 radical (unpaired) electrons. The van der Waals surface area contributed by atoms with Gasteiger partial charge in [0.05, 0.1) is 19.8 Å². The summed E-state index contributed by atoms with van der Waals surface area (Å²) in [5.41, 5.74) is 3.01. The summed E-state index contributed by atoms with van der Waals surface area (Å²) >= 11 is 0. The van der Waals surface area contributed by atoms with Crippen LogP contribution in [-0.2, 0) is 20.8 Å². The van der Waals surface area contributed by atoms with E-state index in [2.05, 4.69) is 4.57 Å². The maximum Gasteiger partial charge on any atom is 0.377 e. The number of benzene rings is 1. The quantitative estimate of drug-likeness (QED) is 0.135. The first kappa shape index (κ1) is 28.1. The zero-order valence-electron chi connectivity index (χ0n) is 20.6. The maximum absolute atomic E-state index is 11.2. The molecule has 0 amide bonds. The van der Waals surface area contributed by atoms with Gasteiger partial charge in [0.2, 0.25) is 11.5 Å². The Morgan fingerprint density at radius 3 is 2.41 bits per heavy atom. The number of ether oxygens (including phenoxy) is 2. The van der Waals surface area contributed by atoms with Gasteiger partial charge in [0.15, 0.2) is 18.1 Å². The molecule has 1 aromatic heterocycles. The molecule has 2 aromatic rings. The number of esters is 1. The van der Waals surface area contributed by atoms with Crippen LogP contribution in [0.15, 0.2) is 60.2 Å². The lowest BCUT2D eigenvalue weighted by atomic mass is 10.1. The number of aliphatic hydroxyl groups is 5. The summed E-state index contributed by atoms with van der Waals surface area (Å²) in [4.78, 5) is 13.1. The summed E-state index contributed by atoms with van der Waals surface area (Å²) in [5.74, 6) is -2.62. The molecule has 1 aromatic carbocycles. The van der Waals surface area contributed by atoms with Crippen molar-refractivity contribution in [1.82, 2.24) is 0 Å². The van der Waals surface area contributed by atoms with E-state index < -0.39 is 29.7 Å². The van der Waals surface area contributed by atoms with Crippen LogP contribution in [0.3, 0.4) is 0 Å². The fraction of sp³-hybridized carbons (Fsp3) is 0.407. The van der Waals surface area contributed by atoms with E-state index in [9.17, 15) is 30.3 Å². The van der Waals surface area contributed by atoms with Gasteiger partial charge < -0.3 is 39.9 Å². The Morgan fingerprint density at radius 2 is 1.76 bits per heavy atom. The predicted octanol–water partition coefficient (Wildman–Crippen LogP) is 1.35. The lowest BCUT2D eigenvalue weighted by molar-refractivity contribution is -0.699. The van der Waals surface area contributed by atoms with Crippen molar-refractivity contribution in [1.29, 1.82) is 0 Å². The molecule has 0 saturated carbocycles. The van der Waals surface area contributed by atoms with Gasteiger partial charge in [-0.2, -0.15) is 4.57 Å². The minimum Gasteiger partial charge on any atom is -0.505 e. The number of rotatable bonds is 15. The summed E-state index contributed by atoms with van der Waals surface area (Å²) in [5, 5.41) is 47.4. The fourth-order valence-corrected chi connectivity index (χ4v) is 3.94. The highest BCUT2D eigenvalue weighted by Gasteiger charge is 2.39. The molecular formula is C27H35N2O8+. The van der Waals surface area contributed by atoms with Gasteiger partial charge >= 0.3 is 5.97 Å². The van der Waals surface area contributed by atoms with Crippen molar-refractivity contribution in [2.75, 3.05) is 44.4 Å². The second-order valence-electron chi connectivity index (χ2n) is 8.59. The lowest BCUT2D eigenvalue weighted by Crippen LogP contribution is -2.36. The van der Waals surface area contributed by atoms with Crippen molar-refractivity contribution in [2.24, 2.45) is 0 Å². The SMILES string of the molecule is O=C1OC(C(O)COCCCC[n+]2ccccc2/C=C/c2ccc(N(CCO)CCO)cc2)C(O)=C1O. The van der Waals surface area contributed by atoms with Crippen molar-refractivity contribution in [3.8, 4) is 0 Å². The molecule has 10 nitrogen and oxygen atoms in total. The average Bonchev–Trinajstić information content (AvgIpc) is 3.17. The third kappa shape index (κ3) is 8.02. The monoisotopic (exact) mass is 515 g/mol. The third-order valence-corrected chi connectivity index (χ3v) is 5.94. The van der Waals surface area contributed by atoms with Gasteiger partial charge in [-0.3, -0.25) is 0 Å². The van der Waals surface area contributed by atoms with Crippen LogP contribution in [0, 0.1) is 0 Å².